The number of carbonyl (C=O) groups is 1. The van der Waals surface area contributed by atoms with Crippen LogP contribution in [0.25, 0.3) is 17.1 Å². The molecule has 28 heavy (non-hydrogen) atoms. The van der Waals surface area contributed by atoms with Crippen LogP contribution in [-0.2, 0) is 13.6 Å². The van der Waals surface area contributed by atoms with E-state index in [4.69, 9.17) is 11.6 Å². The van der Waals surface area contributed by atoms with Gasteiger partial charge in [0.1, 0.15) is 11.4 Å². The van der Waals surface area contributed by atoms with Crippen molar-refractivity contribution in [3.05, 3.63) is 89.5 Å². The minimum Gasteiger partial charge on any atom is -0.349 e. The average molecular weight is 392 g/mol. The molecular weight excluding hydrogens is 374 g/mol. The van der Waals surface area contributed by atoms with Gasteiger partial charge in [0.05, 0.1) is 11.4 Å². The number of pyridine rings is 1. The van der Waals surface area contributed by atoms with Crippen molar-refractivity contribution in [3.8, 4) is 17.1 Å². The first-order chi connectivity index (χ1) is 13.6. The molecule has 6 nitrogen and oxygen atoms in total. The SMILES string of the molecule is Cn1cccc1-c1cc(C(=O)NCc2cccnc2)n(-c2cccc(Cl)c2)n1. The van der Waals surface area contributed by atoms with E-state index >= 15 is 0 Å². The smallest absolute Gasteiger partial charge is 0.270 e. The second-order valence-corrected chi connectivity index (χ2v) is 6.79. The Balaban J connectivity index is 1.71. The van der Waals surface area contributed by atoms with Crippen molar-refractivity contribution in [2.75, 3.05) is 0 Å². The Morgan fingerprint density at radius 1 is 1.14 bits per heavy atom. The number of aromatic nitrogens is 4. The summed E-state index contributed by atoms with van der Waals surface area (Å²) >= 11 is 6.15. The molecule has 0 aliphatic heterocycles. The summed E-state index contributed by atoms with van der Waals surface area (Å²) < 4.78 is 3.58. The number of hydrogen-bond acceptors (Lipinski definition) is 3. The molecule has 0 bridgehead atoms. The van der Waals surface area contributed by atoms with Gasteiger partial charge in [0, 0.05) is 37.2 Å². The second kappa shape index (κ2) is 7.70. The molecule has 7 heteroatoms. The number of nitrogens with zero attached hydrogens (tertiary/aromatic N) is 4. The summed E-state index contributed by atoms with van der Waals surface area (Å²) in [5, 5.41) is 8.18. The minimum atomic E-state index is -0.225. The van der Waals surface area contributed by atoms with Crippen LogP contribution in [0, 0.1) is 0 Å². The Hall–Kier alpha value is -3.38. The molecule has 0 aliphatic carbocycles. The van der Waals surface area contributed by atoms with Crippen molar-refractivity contribution in [1.29, 1.82) is 0 Å². The second-order valence-electron chi connectivity index (χ2n) is 6.35. The summed E-state index contributed by atoms with van der Waals surface area (Å²) in [6.45, 7) is 0.382. The fourth-order valence-electron chi connectivity index (χ4n) is 2.98. The van der Waals surface area contributed by atoms with E-state index in [-0.39, 0.29) is 5.91 Å². The lowest BCUT2D eigenvalue weighted by Crippen LogP contribution is -2.25. The maximum absolute atomic E-state index is 12.9. The van der Waals surface area contributed by atoms with Crippen molar-refractivity contribution in [2.24, 2.45) is 7.05 Å². The quantitative estimate of drug-likeness (QED) is 0.562. The first kappa shape index (κ1) is 18.0. The molecule has 3 heterocycles. The molecule has 0 atom stereocenters. The van der Waals surface area contributed by atoms with Gasteiger partial charge >= 0.3 is 0 Å². The molecule has 3 aromatic heterocycles. The molecule has 140 valence electrons. The Bertz CT molecular complexity index is 1120. The Morgan fingerprint density at radius 3 is 2.75 bits per heavy atom. The van der Waals surface area contributed by atoms with Crippen molar-refractivity contribution >= 4 is 17.5 Å². The van der Waals surface area contributed by atoms with Crippen LogP contribution in [0.1, 0.15) is 16.1 Å². The number of carbonyl (C=O) groups excluding carboxylic acids is 1. The van der Waals surface area contributed by atoms with Gasteiger partial charge in [0.2, 0.25) is 0 Å². The first-order valence-corrected chi connectivity index (χ1v) is 9.14. The third-order valence-electron chi connectivity index (χ3n) is 4.38. The van der Waals surface area contributed by atoms with Gasteiger partial charge in [0.15, 0.2) is 0 Å². The highest BCUT2D eigenvalue weighted by Gasteiger charge is 2.18. The van der Waals surface area contributed by atoms with Crippen LogP contribution in [0.15, 0.2) is 73.2 Å². The highest BCUT2D eigenvalue weighted by atomic mass is 35.5. The summed E-state index contributed by atoms with van der Waals surface area (Å²) in [5.41, 5.74) is 3.70. The van der Waals surface area contributed by atoms with E-state index < -0.39 is 0 Å². The molecule has 0 saturated carbocycles. The summed E-state index contributed by atoms with van der Waals surface area (Å²) in [6, 6.07) is 16.7. The average Bonchev–Trinajstić information content (AvgIpc) is 3.33. The summed E-state index contributed by atoms with van der Waals surface area (Å²) in [4.78, 5) is 17.0. The molecule has 0 radical (unpaired) electrons. The van der Waals surface area contributed by atoms with Crippen LogP contribution in [0.3, 0.4) is 0 Å². The lowest BCUT2D eigenvalue weighted by atomic mass is 10.2. The Morgan fingerprint density at radius 2 is 2.04 bits per heavy atom. The summed E-state index contributed by atoms with van der Waals surface area (Å²) in [6.07, 6.45) is 5.37. The van der Waals surface area contributed by atoms with E-state index in [1.54, 1.807) is 35.3 Å². The van der Waals surface area contributed by atoms with Gasteiger partial charge in [-0.15, -0.1) is 0 Å². The van der Waals surface area contributed by atoms with Crippen LogP contribution in [0.5, 0.6) is 0 Å². The zero-order chi connectivity index (χ0) is 19.5. The zero-order valence-electron chi connectivity index (χ0n) is 15.2. The van der Waals surface area contributed by atoms with Crippen molar-refractivity contribution in [1.82, 2.24) is 24.6 Å². The largest absolute Gasteiger partial charge is 0.349 e. The molecule has 0 fully saturated rings. The highest BCUT2D eigenvalue weighted by Crippen LogP contribution is 2.23. The zero-order valence-corrected chi connectivity index (χ0v) is 16.0. The van der Waals surface area contributed by atoms with Gasteiger partial charge in [-0.05, 0) is 48.0 Å². The minimum absolute atomic E-state index is 0.225. The molecule has 0 aliphatic rings. The summed E-state index contributed by atoms with van der Waals surface area (Å²) in [5.74, 6) is -0.225. The summed E-state index contributed by atoms with van der Waals surface area (Å²) in [7, 11) is 1.94. The number of halogens is 1. The van der Waals surface area contributed by atoms with E-state index in [1.165, 1.54) is 0 Å². The van der Waals surface area contributed by atoms with Crippen molar-refractivity contribution in [2.45, 2.75) is 6.54 Å². The first-order valence-electron chi connectivity index (χ1n) is 8.76. The van der Waals surface area contributed by atoms with Crippen molar-refractivity contribution < 1.29 is 4.79 Å². The molecule has 4 rings (SSSR count). The van der Waals surface area contributed by atoms with Gasteiger partial charge < -0.3 is 9.88 Å². The standard InChI is InChI=1S/C21H18ClN5O/c1-26-10-4-8-19(26)18-12-20(21(28)24-14-15-5-3-9-23-13-15)27(25-18)17-7-2-6-16(22)11-17/h2-13H,14H2,1H3,(H,24,28). The number of hydrogen-bond donors (Lipinski definition) is 1. The molecule has 0 unspecified atom stereocenters. The van der Waals surface area contributed by atoms with Crippen LogP contribution in [0.4, 0.5) is 0 Å². The van der Waals surface area contributed by atoms with Gasteiger partial charge in [-0.25, -0.2) is 4.68 Å². The van der Waals surface area contributed by atoms with Crippen LogP contribution in [-0.4, -0.2) is 25.2 Å². The predicted octanol–water partition coefficient (Wildman–Crippen LogP) is 3.86. The van der Waals surface area contributed by atoms with E-state index in [1.807, 2.05) is 54.2 Å². The lowest BCUT2D eigenvalue weighted by Gasteiger charge is -2.08. The highest BCUT2D eigenvalue weighted by molar-refractivity contribution is 6.30. The maximum Gasteiger partial charge on any atom is 0.270 e. The molecule has 1 aromatic carbocycles. The third-order valence-corrected chi connectivity index (χ3v) is 4.61. The van der Waals surface area contributed by atoms with Gasteiger partial charge in [-0.3, -0.25) is 9.78 Å². The van der Waals surface area contributed by atoms with Crippen LogP contribution < -0.4 is 5.32 Å². The van der Waals surface area contributed by atoms with Gasteiger partial charge in [0.25, 0.3) is 5.91 Å². The van der Waals surface area contributed by atoms with E-state index in [0.29, 0.717) is 23.0 Å². The van der Waals surface area contributed by atoms with Crippen molar-refractivity contribution in [3.63, 3.8) is 0 Å². The lowest BCUT2D eigenvalue weighted by molar-refractivity contribution is 0.0943. The van der Waals surface area contributed by atoms with E-state index in [0.717, 1.165) is 16.9 Å². The molecule has 1 N–H and O–H groups in total. The molecular formula is C21H18ClN5O. The third kappa shape index (κ3) is 3.68. The van der Waals surface area contributed by atoms with Gasteiger partial charge in [-0.2, -0.15) is 5.10 Å². The normalized spacial score (nSPS) is 10.8. The fraction of sp³-hybridized carbons (Fsp3) is 0.0952. The fourth-order valence-corrected chi connectivity index (χ4v) is 3.16. The number of nitrogens with one attached hydrogen (secondary N) is 1. The number of rotatable bonds is 5. The molecule has 4 aromatic rings. The topological polar surface area (TPSA) is 64.7 Å². The number of aryl methyl sites for hydroxylation is 1. The monoisotopic (exact) mass is 391 g/mol. The number of amides is 1. The van der Waals surface area contributed by atoms with E-state index in [2.05, 4.69) is 15.4 Å². The maximum atomic E-state index is 12.9. The molecule has 1 amide bonds. The van der Waals surface area contributed by atoms with Gasteiger partial charge in [-0.1, -0.05) is 23.7 Å². The molecule has 0 spiro atoms. The molecule has 0 saturated heterocycles. The van der Waals surface area contributed by atoms with E-state index in [9.17, 15) is 4.79 Å². The predicted molar refractivity (Wildman–Crippen MR) is 108 cm³/mol. The Labute approximate surface area is 167 Å². The number of benzene rings is 1. The van der Waals surface area contributed by atoms with Crippen LogP contribution in [0.2, 0.25) is 5.02 Å². The Kier molecular flexibility index (Phi) is 4.95. The van der Waals surface area contributed by atoms with Crippen LogP contribution >= 0.6 is 11.6 Å².